The summed E-state index contributed by atoms with van der Waals surface area (Å²) in [4.78, 5) is 11.1. The maximum Gasteiger partial charge on any atom is 0.310 e. The van der Waals surface area contributed by atoms with Crippen LogP contribution in [-0.4, -0.2) is 32.1 Å². The lowest BCUT2D eigenvalue weighted by Gasteiger charge is -2.08. The molecule has 1 rings (SSSR count). The summed E-state index contributed by atoms with van der Waals surface area (Å²) in [6.45, 7) is 3.71. The molecule has 0 aromatic heterocycles. The van der Waals surface area contributed by atoms with E-state index < -0.39 is 0 Å². The Morgan fingerprint density at radius 3 is 2.77 bits per heavy atom. The number of unbranched alkanes of at least 4 members (excludes halogenated alkanes) is 1. The number of esters is 1. The van der Waals surface area contributed by atoms with E-state index in [1.165, 1.54) is 0 Å². The molecule has 1 aliphatic rings. The predicted molar refractivity (Wildman–Crippen MR) is 46.2 cm³/mol. The van der Waals surface area contributed by atoms with Crippen LogP contribution in [0.4, 0.5) is 0 Å². The molecule has 0 aromatic rings. The zero-order chi connectivity index (χ0) is 9.52. The average Bonchev–Trinajstić information content (AvgIpc) is 2.57. The van der Waals surface area contributed by atoms with Gasteiger partial charge in [0.25, 0.3) is 0 Å². The highest BCUT2D eigenvalue weighted by Gasteiger charge is 2.20. The average molecular weight is 188 g/mol. The molecule has 1 saturated heterocycles. The molecule has 0 amide bonds. The second-order valence-corrected chi connectivity index (χ2v) is 2.95. The Labute approximate surface area is 78.2 Å². The summed E-state index contributed by atoms with van der Waals surface area (Å²) in [5, 5.41) is 0. The molecular weight excluding hydrogens is 172 g/mol. The number of carbonyl (C=O) groups excluding carboxylic acids is 1. The van der Waals surface area contributed by atoms with Gasteiger partial charge in [0.15, 0.2) is 6.29 Å². The molecule has 0 radical (unpaired) electrons. The van der Waals surface area contributed by atoms with Crippen LogP contribution in [0.3, 0.4) is 0 Å². The van der Waals surface area contributed by atoms with Gasteiger partial charge in [-0.3, -0.25) is 4.79 Å². The Morgan fingerprint density at radius 1 is 1.46 bits per heavy atom. The number of ether oxygens (including phenoxy) is 3. The molecule has 4 nitrogen and oxygen atoms in total. The van der Waals surface area contributed by atoms with Crippen molar-refractivity contribution in [3.63, 3.8) is 0 Å². The van der Waals surface area contributed by atoms with E-state index in [-0.39, 0.29) is 18.7 Å². The Morgan fingerprint density at radius 2 is 2.15 bits per heavy atom. The third kappa shape index (κ3) is 4.24. The summed E-state index contributed by atoms with van der Waals surface area (Å²) >= 11 is 0. The van der Waals surface area contributed by atoms with Crippen molar-refractivity contribution in [3.8, 4) is 0 Å². The molecule has 76 valence electrons. The molecule has 0 aromatic carbocycles. The third-order valence-electron chi connectivity index (χ3n) is 1.79. The van der Waals surface area contributed by atoms with E-state index in [0.29, 0.717) is 19.8 Å². The Kier molecular flexibility index (Phi) is 4.78. The molecule has 0 aliphatic carbocycles. The van der Waals surface area contributed by atoms with Gasteiger partial charge in [0.2, 0.25) is 0 Å². The van der Waals surface area contributed by atoms with Crippen molar-refractivity contribution in [2.75, 3.05) is 19.8 Å². The second-order valence-electron chi connectivity index (χ2n) is 2.95. The van der Waals surface area contributed by atoms with Gasteiger partial charge in [-0.15, -0.1) is 0 Å². The van der Waals surface area contributed by atoms with E-state index in [1.54, 1.807) is 0 Å². The van der Waals surface area contributed by atoms with Gasteiger partial charge in [-0.05, 0) is 6.42 Å². The third-order valence-corrected chi connectivity index (χ3v) is 1.79. The van der Waals surface area contributed by atoms with E-state index in [4.69, 9.17) is 14.2 Å². The van der Waals surface area contributed by atoms with Crippen LogP contribution in [-0.2, 0) is 19.0 Å². The lowest BCUT2D eigenvalue weighted by Crippen LogP contribution is -2.16. The first-order valence-corrected chi connectivity index (χ1v) is 4.71. The van der Waals surface area contributed by atoms with Gasteiger partial charge >= 0.3 is 5.97 Å². The van der Waals surface area contributed by atoms with E-state index in [9.17, 15) is 4.79 Å². The summed E-state index contributed by atoms with van der Waals surface area (Å²) in [5.74, 6) is -0.236. The molecule has 0 unspecified atom stereocenters. The molecule has 0 atom stereocenters. The molecule has 0 N–H and O–H groups in total. The van der Waals surface area contributed by atoms with E-state index in [1.807, 2.05) is 0 Å². The summed E-state index contributed by atoms with van der Waals surface area (Å²) in [5.41, 5.74) is 0. The number of carbonyl (C=O) groups is 1. The molecule has 1 fully saturated rings. The molecule has 0 saturated carbocycles. The highest BCUT2D eigenvalue weighted by Crippen LogP contribution is 2.08. The number of hydrogen-bond acceptors (Lipinski definition) is 4. The van der Waals surface area contributed by atoms with E-state index in [2.05, 4.69) is 6.92 Å². The van der Waals surface area contributed by atoms with Crippen LogP contribution in [0.25, 0.3) is 0 Å². The maximum absolute atomic E-state index is 11.1. The lowest BCUT2D eigenvalue weighted by molar-refractivity contribution is -0.152. The molecule has 0 bridgehead atoms. The SMILES string of the molecule is CCCCOC(=O)CC1OCCO1. The highest BCUT2D eigenvalue weighted by atomic mass is 16.7. The minimum absolute atomic E-state index is 0.212. The number of hydrogen-bond donors (Lipinski definition) is 0. The Bertz CT molecular complexity index is 152. The molecule has 13 heavy (non-hydrogen) atoms. The van der Waals surface area contributed by atoms with Gasteiger partial charge in [0.05, 0.1) is 26.2 Å². The normalized spacial score (nSPS) is 17.6. The van der Waals surface area contributed by atoms with E-state index in [0.717, 1.165) is 12.8 Å². The van der Waals surface area contributed by atoms with Crippen LogP contribution in [0.2, 0.25) is 0 Å². The monoisotopic (exact) mass is 188 g/mol. The van der Waals surface area contributed by atoms with Gasteiger partial charge in [-0.2, -0.15) is 0 Å². The molecule has 1 heterocycles. The van der Waals surface area contributed by atoms with E-state index >= 15 is 0 Å². The first-order valence-electron chi connectivity index (χ1n) is 4.71. The number of rotatable bonds is 5. The fraction of sp³-hybridized carbons (Fsp3) is 0.889. The highest BCUT2D eigenvalue weighted by molar-refractivity contribution is 5.69. The first kappa shape index (κ1) is 10.5. The summed E-state index contributed by atoms with van der Waals surface area (Å²) in [6.07, 6.45) is 1.78. The fourth-order valence-corrected chi connectivity index (χ4v) is 1.05. The maximum atomic E-state index is 11.1. The van der Waals surface area contributed by atoms with Gasteiger partial charge in [0, 0.05) is 0 Å². The van der Waals surface area contributed by atoms with Crippen LogP contribution < -0.4 is 0 Å². The minimum Gasteiger partial charge on any atom is -0.466 e. The van der Waals surface area contributed by atoms with Crippen LogP contribution >= 0.6 is 0 Å². The molecule has 4 heteroatoms. The second kappa shape index (κ2) is 5.94. The zero-order valence-electron chi connectivity index (χ0n) is 7.95. The molecule has 0 spiro atoms. The quantitative estimate of drug-likeness (QED) is 0.478. The molecular formula is C9H16O4. The topological polar surface area (TPSA) is 44.8 Å². The largest absolute Gasteiger partial charge is 0.466 e. The van der Waals surface area contributed by atoms with Crippen molar-refractivity contribution < 1.29 is 19.0 Å². The van der Waals surface area contributed by atoms with Crippen molar-refractivity contribution in [1.82, 2.24) is 0 Å². The Balaban J connectivity index is 2.02. The van der Waals surface area contributed by atoms with Gasteiger partial charge < -0.3 is 14.2 Å². The van der Waals surface area contributed by atoms with Crippen molar-refractivity contribution in [2.24, 2.45) is 0 Å². The zero-order valence-corrected chi connectivity index (χ0v) is 7.95. The summed E-state index contributed by atoms with van der Waals surface area (Å²) in [6, 6.07) is 0. The Hall–Kier alpha value is -0.610. The van der Waals surface area contributed by atoms with Crippen LogP contribution in [0.5, 0.6) is 0 Å². The van der Waals surface area contributed by atoms with Crippen molar-refractivity contribution in [3.05, 3.63) is 0 Å². The predicted octanol–water partition coefficient (Wildman–Crippen LogP) is 1.09. The first-order chi connectivity index (χ1) is 6.33. The van der Waals surface area contributed by atoms with Crippen molar-refractivity contribution in [1.29, 1.82) is 0 Å². The molecule has 1 aliphatic heterocycles. The summed E-state index contributed by atoms with van der Waals surface area (Å²) in [7, 11) is 0. The van der Waals surface area contributed by atoms with Crippen molar-refractivity contribution in [2.45, 2.75) is 32.5 Å². The minimum atomic E-state index is -0.380. The van der Waals surface area contributed by atoms with Crippen LogP contribution in [0.15, 0.2) is 0 Å². The standard InChI is InChI=1S/C9H16O4/c1-2-3-4-11-8(10)7-9-12-5-6-13-9/h9H,2-7H2,1H3. The van der Waals surface area contributed by atoms with Gasteiger partial charge in [-0.25, -0.2) is 0 Å². The van der Waals surface area contributed by atoms with Crippen LogP contribution in [0.1, 0.15) is 26.2 Å². The summed E-state index contributed by atoms with van der Waals surface area (Å²) < 4.78 is 15.2. The smallest absolute Gasteiger partial charge is 0.310 e. The fourth-order valence-electron chi connectivity index (χ4n) is 1.05. The lowest BCUT2D eigenvalue weighted by atomic mass is 10.3. The van der Waals surface area contributed by atoms with Crippen LogP contribution in [0, 0.1) is 0 Å². The van der Waals surface area contributed by atoms with Gasteiger partial charge in [0.1, 0.15) is 0 Å². The van der Waals surface area contributed by atoms with Crippen molar-refractivity contribution >= 4 is 5.97 Å². The van der Waals surface area contributed by atoms with Gasteiger partial charge in [-0.1, -0.05) is 13.3 Å².